The summed E-state index contributed by atoms with van der Waals surface area (Å²) in [6.07, 6.45) is 3.38. The number of ketones is 1. The standard InChI is InChI=1S/C22H26N2O5/c1-13(25)29-19-9-8-15(24(27)28)12-18(19)23-14-10-16(21(2,3)4)20(26)17(11-14)22(5,6)7/h8-12H,1-7H3. The van der Waals surface area contributed by atoms with Gasteiger partial charge in [0.15, 0.2) is 11.5 Å². The second-order valence-corrected chi connectivity index (χ2v) is 8.98. The van der Waals surface area contributed by atoms with Crippen LogP contribution in [-0.2, 0) is 9.59 Å². The molecule has 2 rings (SSSR count). The van der Waals surface area contributed by atoms with Crippen molar-refractivity contribution in [3.63, 3.8) is 0 Å². The molecule has 1 aliphatic rings. The van der Waals surface area contributed by atoms with Gasteiger partial charge in [-0.25, -0.2) is 4.99 Å². The molecule has 0 bridgehead atoms. The van der Waals surface area contributed by atoms with Crippen LogP contribution < -0.4 is 4.74 Å². The van der Waals surface area contributed by atoms with Crippen molar-refractivity contribution in [3.05, 3.63) is 51.6 Å². The molecule has 0 radical (unpaired) electrons. The van der Waals surface area contributed by atoms with E-state index in [4.69, 9.17) is 4.74 Å². The minimum atomic E-state index is -0.559. The summed E-state index contributed by atoms with van der Waals surface area (Å²) in [4.78, 5) is 39.6. The third-order valence-corrected chi connectivity index (χ3v) is 4.35. The van der Waals surface area contributed by atoms with Crippen LogP contribution in [0.4, 0.5) is 11.4 Å². The number of non-ortho nitro benzene ring substituents is 1. The second kappa shape index (κ2) is 7.73. The van der Waals surface area contributed by atoms with E-state index in [1.54, 1.807) is 12.2 Å². The van der Waals surface area contributed by atoms with Gasteiger partial charge < -0.3 is 4.74 Å². The van der Waals surface area contributed by atoms with Crippen molar-refractivity contribution in [2.45, 2.75) is 48.5 Å². The third-order valence-electron chi connectivity index (χ3n) is 4.35. The molecule has 1 aliphatic carbocycles. The lowest BCUT2D eigenvalue weighted by Gasteiger charge is -2.31. The summed E-state index contributed by atoms with van der Waals surface area (Å²) in [5, 5.41) is 11.2. The maximum absolute atomic E-state index is 13.0. The zero-order valence-corrected chi connectivity index (χ0v) is 17.8. The van der Waals surface area contributed by atoms with Gasteiger partial charge >= 0.3 is 5.97 Å². The molecule has 154 valence electrons. The Hall–Kier alpha value is -3.09. The Kier molecular flexibility index (Phi) is 5.92. The number of carbonyl (C=O) groups is 2. The van der Waals surface area contributed by atoms with E-state index in [0.29, 0.717) is 16.9 Å². The van der Waals surface area contributed by atoms with Crippen LogP contribution in [0.3, 0.4) is 0 Å². The summed E-state index contributed by atoms with van der Waals surface area (Å²) in [6, 6.07) is 3.84. The fourth-order valence-electron chi connectivity index (χ4n) is 2.88. The van der Waals surface area contributed by atoms with Gasteiger partial charge in [-0.3, -0.25) is 19.7 Å². The highest BCUT2D eigenvalue weighted by molar-refractivity contribution is 6.23. The Morgan fingerprint density at radius 3 is 1.97 bits per heavy atom. The van der Waals surface area contributed by atoms with Crippen molar-refractivity contribution in [1.82, 2.24) is 0 Å². The number of esters is 1. The Morgan fingerprint density at radius 2 is 1.55 bits per heavy atom. The monoisotopic (exact) mass is 398 g/mol. The number of ether oxygens (including phenoxy) is 1. The number of nitrogens with zero attached hydrogens (tertiary/aromatic N) is 2. The summed E-state index contributed by atoms with van der Waals surface area (Å²) in [5.74, 6) is -0.483. The molecular weight excluding hydrogens is 372 g/mol. The lowest BCUT2D eigenvalue weighted by molar-refractivity contribution is -0.384. The topological polar surface area (TPSA) is 98.9 Å². The first kappa shape index (κ1) is 22.2. The molecule has 1 aromatic carbocycles. The lowest BCUT2D eigenvalue weighted by atomic mass is 9.72. The summed E-state index contributed by atoms with van der Waals surface area (Å²) in [6.45, 7) is 12.9. The largest absolute Gasteiger partial charge is 0.424 e. The molecule has 0 saturated heterocycles. The molecule has 0 amide bonds. The molecule has 0 fully saturated rings. The molecule has 7 heteroatoms. The molecule has 0 saturated carbocycles. The first-order chi connectivity index (χ1) is 13.2. The molecule has 0 N–H and O–H groups in total. The van der Waals surface area contributed by atoms with Crippen molar-refractivity contribution >= 4 is 28.8 Å². The van der Waals surface area contributed by atoms with E-state index in [-0.39, 0.29) is 22.9 Å². The van der Waals surface area contributed by atoms with Crippen LogP contribution in [0.2, 0.25) is 0 Å². The summed E-state index contributed by atoms with van der Waals surface area (Å²) in [5.41, 5.74) is 0.813. The number of rotatable bonds is 3. The Labute approximate surface area is 170 Å². The highest BCUT2D eigenvalue weighted by Crippen LogP contribution is 2.38. The quantitative estimate of drug-likeness (QED) is 0.231. The Balaban J connectivity index is 2.72. The number of benzene rings is 1. The summed E-state index contributed by atoms with van der Waals surface area (Å²) < 4.78 is 5.15. The maximum atomic E-state index is 13.0. The normalized spacial score (nSPS) is 14.9. The van der Waals surface area contributed by atoms with Gasteiger partial charge in [0, 0.05) is 30.2 Å². The number of nitro benzene ring substituents is 1. The van der Waals surface area contributed by atoms with E-state index in [2.05, 4.69) is 4.99 Å². The Bertz CT molecular complexity index is 934. The van der Waals surface area contributed by atoms with Crippen molar-refractivity contribution in [3.8, 4) is 5.75 Å². The van der Waals surface area contributed by atoms with Gasteiger partial charge in [-0.15, -0.1) is 0 Å². The molecule has 7 nitrogen and oxygen atoms in total. The van der Waals surface area contributed by atoms with Crippen LogP contribution in [0.15, 0.2) is 46.5 Å². The molecule has 1 aromatic rings. The first-order valence-electron chi connectivity index (χ1n) is 9.25. The Morgan fingerprint density at radius 1 is 1.03 bits per heavy atom. The van der Waals surface area contributed by atoms with Crippen LogP contribution in [-0.4, -0.2) is 22.4 Å². The zero-order valence-electron chi connectivity index (χ0n) is 17.8. The number of nitro groups is 1. The van der Waals surface area contributed by atoms with Crippen LogP contribution >= 0.6 is 0 Å². The number of aliphatic imine (C=N–C) groups is 1. The minimum absolute atomic E-state index is 0.0387. The van der Waals surface area contributed by atoms with Gasteiger partial charge in [0.05, 0.1) is 10.6 Å². The van der Waals surface area contributed by atoms with Crippen molar-refractivity contribution < 1.29 is 19.2 Å². The fourth-order valence-corrected chi connectivity index (χ4v) is 2.88. The summed E-state index contributed by atoms with van der Waals surface area (Å²) in [7, 11) is 0. The van der Waals surface area contributed by atoms with E-state index in [1.165, 1.54) is 25.1 Å². The van der Waals surface area contributed by atoms with Gasteiger partial charge in [-0.2, -0.15) is 0 Å². The predicted octanol–water partition coefficient (Wildman–Crippen LogP) is 5.12. The number of hydrogen-bond acceptors (Lipinski definition) is 6. The smallest absolute Gasteiger partial charge is 0.308 e. The predicted molar refractivity (Wildman–Crippen MR) is 112 cm³/mol. The van der Waals surface area contributed by atoms with E-state index in [1.807, 2.05) is 41.5 Å². The number of hydrogen-bond donors (Lipinski definition) is 0. The second-order valence-electron chi connectivity index (χ2n) is 8.98. The van der Waals surface area contributed by atoms with Crippen LogP contribution in [0.25, 0.3) is 0 Å². The molecular formula is C22H26N2O5. The zero-order chi connectivity index (χ0) is 22.1. The lowest BCUT2D eigenvalue weighted by Crippen LogP contribution is -2.29. The number of allylic oxidation sites excluding steroid dienone is 4. The van der Waals surface area contributed by atoms with Gasteiger partial charge in [-0.05, 0) is 29.0 Å². The molecule has 0 atom stereocenters. The molecule has 29 heavy (non-hydrogen) atoms. The van der Waals surface area contributed by atoms with Gasteiger partial charge in [0.2, 0.25) is 0 Å². The first-order valence-corrected chi connectivity index (χ1v) is 9.25. The number of carbonyl (C=O) groups excluding carboxylic acids is 2. The van der Waals surface area contributed by atoms with E-state index < -0.39 is 21.7 Å². The highest BCUT2D eigenvalue weighted by Gasteiger charge is 2.34. The van der Waals surface area contributed by atoms with Crippen molar-refractivity contribution in [2.75, 3.05) is 0 Å². The third kappa shape index (κ3) is 5.25. The highest BCUT2D eigenvalue weighted by atomic mass is 16.6. The fraction of sp³-hybridized carbons (Fsp3) is 0.409. The molecule has 0 spiro atoms. The average Bonchev–Trinajstić information content (AvgIpc) is 2.55. The van der Waals surface area contributed by atoms with Gasteiger partial charge in [0.25, 0.3) is 5.69 Å². The molecule has 0 aliphatic heterocycles. The SMILES string of the molecule is CC(=O)Oc1ccc([N+](=O)[O-])cc1N=C1C=C(C(C)(C)C)C(=O)C(C(C)(C)C)=C1. The minimum Gasteiger partial charge on any atom is -0.424 e. The van der Waals surface area contributed by atoms with Crippen molar-refractivity contribution in [2.24, 2.45) is 15.8 Å². The van der Waals surface area contributed by atoms with Crippen LogP contribution in [0.1, 0.15) is 48.5 Å². The van der Waals surface area contributed by atoms with Gasteiger partial charge in [0.1, 0.15) is 5.69 Å². The van der Waals surface area contributed by atoms with E-state index in [9.17, 15) is 19.7 Å². The summed E-state index contributed by atoms with van der Waals surface area (Å²) >= 11 is 0. The van der Waals surface area contributed by atoms with Crippen molar-refractivity contribution in [1.29, 1.82) is 0 Å². The van der Waals surface area contributed by atoms with E-state index >= 15 is 0 Å². The molecule has 0 unspecified atom stereocenters. The van der Waals surface area contributed by atoms with Crippen LogP contribution in [0.5, 0.6) is 5.75 Å². The average molecular weight is 398 g/mol. The van der Waals surface area contributed by atoms with Crippen LogP contribution in [0, 0.1) is 20.9 Å². The molecule has 0 heterocycles. The molecule has 0 aromatic heterocycles. The van der Waals surface area contributed by atoms with E-state index in [0.717, 1.165) is 0 Å². The van der Waals surface area contributed by atoms with Gasteiger partial charge in [-0.1, -0.05) is 41.5 Å². The number of Topliss-reactive ketones (excluding diaryl/α,β-unsaturated/α-hetero) is 1. The maximum Gasteiger partial charge on any atom is 0.308 e.